The van der Waals surface area contributed by atoms with Gasteiger partial charge in [-0.15, -0.1) is 11.3 Å². The number of allylic oxidation sites excluding steroid dienone is 2. The SMILES string of the molecule is NCCCC[C@H](NC(=O)C1=CC=CC(O)N1)C(=O)c1nc2ccccc2s1. The molecule has 2 aromatic rings. The third-order valence-corrected chi connectivity index (χ3v) is 5.23. The van der Waals surface area contributed by atoms with Crippen molar-refractivity contribution in [2.45, 2.75) is 31.5 Å². The molecule has 27 heavy (non-hydrogen) atoms. The second-order valence-corrected chi connectivity index (χ2v) is 7.25. The highest BCUT2D eigenvalue weighted by Crippen LogP contribution is 2.23. The van der Waals surface area contributed by atoms with Crippen molar-refractivity contribution in [3.63, 3.8) is 0 Å². The van der Waals surface area contributed by atoms with Crippen molar-refractivity contribution in [2.24, 2.45) is 5.73 Å². The van der Waals surface area contributed by atoms with Crippen LogP contribution in [0.3, 0.4) is 0 Å². The Balaban J connectivity index is 1.77. The largest absolute Gasteiger partial charge is 0.370 e. The second-order valence-electron chi connectivity index (χ2n) is 6.22. The van der Waals surface area contributed by atoms with Gasteiger partial charge in [0, 0.05) is 0 Å². The van der Waals surface area contributed by atoms with Crippen molar-refractivity contribution >= 4 is 33.2 Å². The zero-order chi connectivity index (χ0) is 19.2. The zero-order valence-corrected chi connectivity index (χ0v) is 15.5. The summed E-state index contributed by atoms with van der Waals surface area (Å²) in [5, 5.41) is 15.4. The lowest BCUT2D eigenvalue weighted by molar-refractivity contribution is -0.118. The lowest BCUT2D eigenvalue weighted by Crippen LogP contribution is -2.45. The molecule has 2 atom stereocenters. The molecule has 7 nitrogen and oxygen atoms in total. The van der Waals surface area contributed by atoms with Crippen LogP contribution >= 0.6 is 11.3 Å². The third kappa shape index (κ3) is 4.79. The molecule has 0 aliphatic carbocycles. The number of aliphatic hydroxyl groups excluding tert-OH is 1. The number of nitrogens with zero attached hydrogens (tertiary/aromatic N) is 1. The number of aromatic nitrogens is 1. The van der Waals surface area contributed by atoms with Crippen LogP contribution in [0.1, 0.15) is 29.1 Å². The van der Waals surface area contributed by atoms with Crippen molar-refractivity contribution in [2.75, 3.05) is 6.54 Å². The van der Waals surface area contributed by atoms with Crippen LogP contribution in [0.15, 0.2) is 48.2 Å². The molecule has 0 saturated carbocycles. The van der Waals surface area contributed by atoms with E-state index < -0.39 is 18.2 Å². The quantitative estimate of drug-likeness (QED) is 0.403. The summed E-state index contributed by atoms with van der Waals surface area (Å²) in [7, 11) is 0. The highest BCUT2D eigenvalue weighted by atomic mass is 32.1. The zero-order valence-electron chi connectivity index (χ0n) is 14.7. The maximum absolute atomic E-state index is 13.0. The molecule has 2 heterocycles. The summed E-state index contributed by atoms with van der Waals surface area (Å²) in [4.78, 5) is 29.9. The van der Waals surface area contributed by atoms with Gasteiger partial charge < -0.3 is 21.5 Å². The molecule has 0 saturated heterocycles. The van der Waals surface area contributed by atoms with Gasteiger partial charge in [0.2, 0.25) is 5.78 Å². The number of thiazole rings is 1. The lowest BCUT2D eigenvalue weighted by Gasteiger charge is -2.20. The van der Waals surface area contributed by atoms with E-state index in [0.29, 0.717) is 24.4 Å². The first-order chi connectivity index (χ1) is 13.1. The Hall–Kier alpha value is -2.55. The maximum atomic E-state index is 13.0. The molecule has 1 amide bonds. The number of hydrogen-bond donors (Lipinski definition) is 4. The molecule has 1 aromatic heterocycles. The number of fused-ring (bicyclic) bond motifs is 1. The Morgan fingerprint density at radius 1 is 1.33 bits per heavy atom. The smallest absolute Gasteiger partial charge is 0.268 e. The van der Waals surface area contributed by atoms with Crippen molar-refractivity contribution < 1.29 is 14.7 Å². The first-order valence-corrected chi connectivity index (χ1v) is 9.64. The summed E-state index contributed by atoms with van der Waals surface area (Å²) in [6, 6.07) is 6.84. The molecular weight excluding hydrogens is 364 g/mol. The molecule has 8 heteroatoms. The Labute approximate surface area is 161 Å². The van der Waals surface area contributed by atoms with Gasteiger partial charge in [-0.2, -0.15) is 0 Å². The lowest BCUT2D eigenvalue weighted by atomic mass is 10.0. The topological polar surface area (TPSA) is 117 Å². The van der Waals surface area contributed by atoms with Crippen molar-refractivity contribution in [3.05, 3.63) is 53.2 Å². The van der Waals surface area contributed by atoms with E-state index in [4.69, 9.17) is 5.73 Å². The standard InChI is InChI=1S/C19H22N4O3S/c20-11-4-3-7-13(22-18(26)14-8-5-10-16(24)21-14)17(25)19-23-12-6-1-2-9-15(12)27-19/h1-2,5-6,8-10,13,16,21,24H,3-4,7,11,20H2,(H,22,26)/t13-,16?/m0/s1. The van der Waals surface area contributed by atoms with Crippen molar-refractivity contribution in [1.29, 1.82) is 0 Å². The number of unbranched alkanes of at least 4 members (excludes halogenated alkanes) is 1. The average Bonchev–Trinajstić information content (AvgIpc) is 3.11. The molecule has 1 aromatic carbocycles. The number of amides is 1. The molecule has 0 radical (unpaired) electrons. The van der Waals surface area contributed by atoms with Crippen LogP contribution in [0.5, 0.6) is 0 Å². The van der Waals surface area contributed by atoms with Gasteiger partial charge in [-0.1, -0.05) is 18.2 Å². The molecule has 1 unspecified atom stereocenters. The van der Waals surface area contributed by atoms with E-state index in [1.54, 1.807) is 12.2 Å². The number of carbonyl (C=O) groups is 2. The highest BCUT2D eigenvalue weighted by Gasteiger charge is 2.26. The van der Waals surface area contributed by atoms with E-state index in [1.807, 2.05) is 24.3 Å². The molecule has 1 aliphatic rings. The first kappa shape index (κ1) is 19.2. The van der Waals surface area contributed by atoms with E-state index in [0.717, 1.165) is 16.6 Å². The van der Waals surface area contributed by atoms with Gasteiger partial charge in [0.1, 0.15) is 11.9 Å². The highest BCUT2D eigenvalue weighted by molar-refractivity contribution is 7.20. The normalized spacial score (nSPS) is 17.3. The maximum Gasteiger partial charge on any atom is 0.268 e. The van der Waals surface area contributed by atoms with Gasteiger partial charge in [-0.05, 0) is 50.1 Å². The van der Waals surface area contributed by atoms with Crippen molar-refractivity contribution in [3.8, 4) is 0 Å². The van der Waals surface area contributed by atoms with E-state index in [-0.39, 0.29) is 11.5 Å². The average molecular weight is 386 g/mol. The minimum Gasteiger partial charge on any atom is -0.370 e. The Morgan fingerprint density at radius 2 is 2.15 bits per heavy atom. The van der Waals surface area contributed by atoms with E-state index in [9.17, 15) is 14.7 Å². The summed E-state index contributed by atoms with van der Waals surface area (Å²) in [6.45, 7) is 0.527. The van der Waals surface area contributed by atoms with E-state index in [1.165, 1.54) is 17.4 Å². The van der Waals surface area contributed by atoms with Gasteiger partial charge in [-0.25, -0.2) is 4.98 Å². The minimum atomic E-state index is -0.925. The number of carbonyl (C=O) groups excluding carboxylic acids is 2. The molecule has 0 fully saturated rings. The number of aliphatic hydroxyl groups is 1. The number of Topliss-reactive ketones (excluding diaryl/α,β-unsaturated/α-hetero) is 1. The number of rotatable bonds is 8. The predicted octanol–water partition coefficient (Wildman–Crippen LogP) is 1.45. The Bertz CT molecular complexity index is 857. The first-order valence-electron chi connectivity index (χ1n) is 8.82. The van der Waals surface area contributed by atoms with Crippen LogP contribution in [0.25, 0.3) is 10.2 Å². The van der Waals surface area contributed by atoms with E-state index >= 15 is 0 Å². The number of hydrogen-bond acceptors (Lipinski definition) is 7. The Kier molecular flexibility index (Phi) is 6.33. The number of para-hydroxylation sites is 1. The third-order valence-electron chi connectivity index (χ3n) is 4.18. The molecule has 5 N–H and O–H groups in total. The number of benzene rings is 1. The van der Waals surface area contributed by atoms with Gasteiger partial charge in [-0.3, -0.25) is 9.59 Å². The van der Waals surface area contributed by atoms with Crippen LogP contribution in [-0.2, 0) is 4.79 Å². The molecule has 0 bridgehead atoms. The van der Waals surface area contributed by atoms with Crippen LogP contribution in [0.2, 0.25) is 0 Å². The van der Waals surface area contributed by atoms with Crippen molar-refractivity contribution in [1.82, 2.24) is 15.6 Å². The fraction of sp³-hybridized carbons (Fsp3) is 0.316. The summed E-state index contributed by atoms with van der Waals surface area (Å²) in [6.07, 6.45) is 5.70. The number of dihydropyridines is 1. The molecule has 142 valence electrons. The fourth-order valence-electron chi connectivity index (χ4n) is 2.78. The van der Waals surface area contributed by atoms with Crippen LogP contribution in [-0.4, -0.2) is 40.6 Å². The van der Waals surface area contributed by atoms with Crippen LogP contribution in [0.4, 0.5) is 0 Å². The molecule has 1 aliphatic heterocycles. The minimum absolute atomic E-state index is 0.214. The monoisotopic (exact) mass is 386 g/mol. The predicted molar refractivity (Wildman–Crippen MR) is 105 cm³/mol. The summed E-state index contributed by atoms with van der Waals surface area (Å²) < 4.78 is 0.929. The van der Waals surface area contributed by atoms with Crippen LogP contribution < -0.4 is 16.4 Å². The van der Waals surface area contributed by atoms with Gasteiger partial charge in [0.15, 0.2) is 5.01 Å². The Morgan fingerprint density at radius 3 is 2.89 bits per heavy atom. The summed E-state index contributed by atoms with van der Waals surface area (Å²) in [5.74, 6) is -0.653. The summed E-state index contributed by atoms with van der Waals surface area (Å²) >= 11 is 1.32. The molecule has 3 rings (SSSR count). The number of nitrogens with two attached hydrogens (primary N) is 1. The summed E-state index contributed by atoms with van der Waals surface area (Å²) in [5.41, 5.74) is 6.53. The van der Waals surface area contributed by atoms with Gasteiger partial charge in [0.25, 0.3) is 5.91 Å². The number of nitrogens with one attached hydrogen (secondary N) is 2. The van der Waals surface area contributed by atoms with E-state index in [2.05, 4.69) is 15.6 Å². The second kappa shape index (κ2) is 8.90. The fourth-order valence-corrected chi connectivity index (χ4v) is 3.74. The van der Waals surface area contributed by atoms with Gasteiger partial charge in [0.05, 0.1) is 16.3 Å². The number of ketones is 1. The molecule has 0 spiro atoms. The van der Waals surface area contributed by atoms with Crippen LogP contribution in [0, 0.1) is 0 Å². The molecular formula is C19H22N4O3S. The van der Waals surface area contributed by atoms with Gasteiger partial charge >= 0.3 is 0 Å².